The summed E-state index contributed by atoms with van der Waals surface area (Å²) in [5.74, 6) is -2.71. The second-order valence-electron chi connectivity index (χ2n) is 12.3. The number of aromatic nitrogens is 1. The summed E-state index contributed by atoms with van der Waals surface area (Å²) in [6, 6.07) is 17.7. The zero-order valence-electron chi connectivity index (χ0n) is 28.8. The fraction of sp³-hybridized carbons (Fsp3) is 0.459. The van der Waals surface area contributed by atoms with Crippen LogP contribution >= 0.6 is 0 Å². The Morgan fingerprint density at radius 3 is 2.04 bits per heavy atom. The molecule has 0 saturated carbocycles. The molecule has 0 aliphatic carbocycles. The van der Waals surface area contributed by atoms with Crippen LogP contribution in [0.15, 0.2) is 85.2 Å². The van der Waals surface area contributed by atoms with Gasteiger partial charge in [-0.25, -0.2) is 8.42 Å². The largest absolute Gasteiger partial charge is 0.395 e. The Morgan fingerprint density at radius 1 is 0.820 bits per heavy atom. The van der Waals surface area contributed by atoms with Gasteiger partial charge in [0.2, 0.25) is 11.8 Å². The molecular weight excluding hydrogens is 659 g/mol. The number of nitrogens with one attached hydrogen (secondary N) is 4. The molecule has 6 N–H and O–H groups in total. The van der Waals surface area contributed by atoms with Crippen molar-refractivity contribution in [2.75, 3.05) is 25.4 Å². The Kier molecular flexibility index (Phi) is 17.0. The minimum Gasteiger partial charge on any atom is -0.395 e. The number of aliphatic hydroxyl groups is 2. The number of pyridine rings is 1. The van der Waals surface area contributed by atoms with Crippen molar-refractivity contribution in [2.45, 2.75) is 81.9 Å². The number of carbonyl (C=O) groups excluding carboxylic acids is 3. The molecule has 272 valence electrons. The molecule has 0 aliphatic heterocycles. The van der Waals surface area contributed by atoms with E-state index < -0.39 is 62.8 Å². The molecule has 2 aromatic carbocycles. The number of rotatable bonds is 22. The fourth-order valence-electron chi connectivity index (χ4n) is 5.75. The molecule has 0 fully saturated rings. The van der Waals surface area contributed by atoms with Crippen LogP contribution in [0.3, 0.4) is 0 Å². The lowest BCUT2D eigenvalue weighted by molar-refractivity contribution is -0.129. The van der Waals surface area contributed by atoms with E-state index in [1.54, 1.807) is 30.3 Å². The first kappa shape index (κ1) is 40.3. The molecule has 1 aromatic heterocycles. The van der Waals surface area contributed by atoms with Gasteiger partial charge in [0.1, 0.15) is 12.1 Å². The van der Waals surface area contributed by atoms with Crippen LogP contribution in [-0.2, 0) is 32.3 Å². The summed E-state index contributed by atoms with van der Waals surface area (Å²) in [7, 11) is -3.87. The smallest absolute Gasteiger partial charge is 0.253 e. The lowest BCUT2D eigenvalue weighted by atomic mass is 9.95. The average Bonchev–Trinajstić information content (AvgIpc) is 3.12. The van der Waals surface area contributed by atoms with E-state index >= 15 is 0 Å². The standard InChI is InChI=1S/C37H51N5O7S/c1-3-12-30(13-4-2)50(48,49)26-32(42-35(45)29-18-11-20-38-25-29)36(46)41-31(24-28-16-9-6-10-17-28)34(44)33(39-22-23-43)37(47)40-21-19-27-14-7-5-8-15-27/h5-11,14-18,20,25,30-34,39,43-44H,3-4,12-13,19,21-24,26H2,1-2H3,(H,40,47)(H,41,46)(H,42,45)/t31-,32?,33+,34+/m0/s1. The Labute approximate surface area is 295 Å². The minimum absolute atomic E-state index is 0.0158. The van der Waals surface area contributed by atoms with Gasteiger partial charge in [-0.05, 0) is 48.9 Å². The normalized spacial score (nSPS) is 13.9. The van der Waals surface area contributed by atoms with E-state index in [4.69, 9.17) is 0 Å². The van der Waals surface area contributed by atoms with Gasteiger partial charge in [0.25, 0.3) is 5.91 Å². The predicted octanol–water partition coefficient (Wildman–Crippen LogP) is 1.96. The molecule has 13 heteroatoms. The quantitative estimate of drug-likeness (QED) is 0.0907. The molecule has 3 aromatic rings. The van der Waals surface area contributed by atoms with E-state index in [2.05, 4.69) is 26.3 Å². The lowest BCUT2D eigenvalue weighted by Gasteiger charge is -2.32. The van der Waals surface area contributed by atoms with E-state index in [0.717, 1.165) is 11.1 Å². The van der Waals surface area contributed by atoms with Crippen molar-refractivity contribution in [3.63, 3.8) is 0 Å². The van der Waals surface area contributed by atoms with E-state index in [-0.39, 0.29) is 31.7 Å². The summed E-state index contributed by atoms with van der Waals surface area (Å²) in [6.07, 6.45) is 3.97. The molecule has 0 radical (unpaired) electrons. The predicted molar refractivity (Wildman–Crippen MR) is 193 cm³/mol. The van der Waals surface area contributed by atoms with Crippen molar-refractivity contribution in [1.82, 2.24) is 26.3 Å². The van der Waals surface area contributed by atoms with Crippen LogP contribution in [0.1, 0.15) is 61.0 Å². The molecule has 1 unspecified atom stereocenters. The molecule has 1 heterocycles. The molecule has 3 amide bonds. The molecule has 12 nitrogen and oxygen atoms in total. The summed E-state index contributed by atoms with van der Waals surface area (Å²) in [5, 5.41) is 31.7. The second kappa shape index (κ2) is 21.1. The average molecular weight is 710 g/mol. The maximum Gasteiger partial charge on any atom is 0.253 e. The van der Waals surface area contributed by atoms with Gasteiger partial charge in [-0.3, -0.25) is 19.4 Å². The molecule has 0 bridgehead atoms. The Bertz CT molecular complexity index is 1560. The first-order chi connectivity index (χ1) is 24.1. The highest BCUT2D eigenvalue weighted by Crippen LogP contribution is 2.18. The van der Waals surface area contributed by atoms with Crippen LogP contribution in [0.25, 0.3) is 0 Å². The number of benzene rings is 2. The van der Waals surface area contributed by atoms with Crippen LogP contribution in [-0.4, -0.2) is 96.3 Å². The van der Waals surface area contributed by atoms with Crippen LogP contribution < -0.4 is 21.3 Å². The van der Waals surface area contributed by atoms with Crippen molar-refractivity contribution < 1.29 is 33.0 Å². The van der Waals surface area contributed by atoms with Crippen molar-refractivity contribution in [3.8, 4) is 0 Å². The number of carbonyl (C=O) groups is 3. The summed E-state index contributed by atoms with van der Waals surface area (Å²) >= 11 is 0. The Morgan fingerprint density at radius 2 is 1.46 bits per heavy atom. The van der Waals surface area contributed by atoms with Gasteiger partial charge in [0.05, 0.1) is 35.3 Å². The molecule has 0 saturated heterocycles. The van der Waals surface area contributed by atoms with Crippen LogP contribution in [0.5, 0.6) is 0 Å². The maximum absolute atomic E-state index is 14.1. The fourth-order valence-corrected chi connectivity index (χ4v) is 7.91. The monoisotopic (exact) mass is 709 g/mol. The van der Waals surface area contributed by atoms with Gasteiger partial charge in [-0.15, -0.1) is 0 Å². The van der Waals surface area contributed by atoms with Gasteiger partial charge < -0.3 is 31.5 Å². The third kappa shape index (κ3) is 12.9. The third-order valence-corrected chi connectivity index (χ3v) is 10.7. The van der Waals surface area contributed by atoms with E-state index in [0.29, 0.717) is 32.1 Å². The van der Waals surface area contributed by atoms with Crippen molar-refractivity contribution >= 4 is 27.6 Å². The van der Waals surface area contributed by atoms with Crippen LogP contribution in [0, 0.1) is 0 Å². The highest BCUT2D eigenvalue weighted by Gasteiger charge is 2.37. The zero-order chi connectivity index (χ0) is 36.4. The van der Waals surface area contributed by atoms with E-state index in [1.165, 1.54) is 18.5 Å². The Balaban J connectivity index is 1.92. The van der Waals surface area contributed by atoms with Crippen molar-refractivity contribution in [3.05, 3.63) is 102 Å². The number of aliphatic hydroxyl groups excluding tert-OH is 2. The first-order valence-corrected chi connectivity index (χ1v) is 18.9. The first-order valence-electron chi connectivity index (χ1n) is 17.2. The number of nitrogens with zero attached hydrogens (tertiary/aromatic N) is 1. The molecular formula is C37H51N5O7S. The summed E-state index contributed by atoms with van der Waals surface area (Å²) in [5.41, 5.74) is 1.89. The highest BCUT2D eigenvalue weighted by atomic mass is 32.2. The number of hydrogen-bond acceptors (Lipinski definition) is 9. The molecule has 4 atom stereocenters. The zero-order valence-corrected chi connectivity index (χ0v) is 29.6. The van der Waals surface area contributed by atoms with Crippen molar-refractivity contribution in [2.24, 2.45) is 0 Å². The Hall–Kier alpha value is -4.17. The summed E-state index contributed by atoms with van der Waals surface area (Å²) < 4.78 is 27.4. The van der Waals surface area contributed by atoms with Gasteiger partial charge >= 0.3 is 0 Å². The molecule has 0 spiro atoms. The molecule has 50 heavy (non-hydrogen) atoms. The van der Waals surface area contributed by atoms with Gasteiger partial charge in [-0.2, -0.15) is 0 Å². The van der Waals surface area contributed by atoms with Gasteiger partial charge in [0, 0.05) is 25.5 Å². The third-order valence-electron chi connectivity index (χ3n) is 8.37. The molecule has 0 aliphatic rings. The summed E-state index contributed by atoms with van der Waals surface area (Å²) in [6.45, 7) is 3.73. The second-order valence-corrected chi connectivity index (χ2v) is 14.6. The molecule has 3 rings (SSSR count). The van der Waals surface area contributed by atoms with E-state index in [1.807, 2.05) is 50.2 Å². The van der Waals surface area contributed by atoms with Gasteiger partial charge in [-0.1, -0.05) is 87.4 Å². The highest BCUT2D eigenvalue weighted by molar-refractivity contribution is 7.92. The van der Waals surface area contributed by atoms with Crippen LogP contribution in [0.4, 0.5) is 0 Å². The topological polar surface area (TPSA) is 187 Å². The van der Waals surface area contributed by atoms with Gasteiger partial charge in [0.15, 0.2) is 9.84 Å². The number of amides is 3. The van der Waals surface area contributed by atoms with E-state index in [9.17, 15) is 33.0 Å². The maximum atomic E-state index is 14.1. The number of hydrogen-bond donors (Lipinski definition) is 6. The van der Waals surface area contributed by atoms with Crippen LogP contribution in [0.2, 0.25) is 0 Å². The van der Waals surface area contributed by atoms with Crippen molar-refractivity contribution in [1.29, 1.82) is 0 Å². The summed E-state index contributed by atoms with van der Waals surface area (Å²) in [4.78, 5) is 44.7. The number of sulfone groups is 1. The lowest BCUT2D eigenvalue weighted by Crippen LogP contribution is -2.62. The SMILES string of the molecule is CCCC(CCC)S(=O)(=O)CC(NC(=O)c1cccnc1)C(=O)N[C@@H](Cc1ccccc1)[C@@H](O)[C@@H](NCCO)C(=O)NCCc1ccccc1. The minimum atomic E-state index is -3.87.